The van der Waals surface area contributed by atoms with E-state index in [-0.39, 0.29) is 6.61 Å². The van der Waals surface area contributed by atoms with Gasteiger partial charge in [-0.05, 0) is 5.56 Å². The summed E-state index contributed by atoms with van der Waals surface area (Å²) < 4.78 is 26.9. The molecule has 1 aromatic carbocycles. The van der Waals surface area contributed by atoms with Gasteiger partial charge in [0.1, 0.15) is 12.0 Å². The van der Waals surface area contributed by atoms with Gasteiger partial charge < -0.3 is 15.6 Å². The summed E-state index contributed by atoms with van der Waals surface area (Å²) in [6.07, 6.45) is -0.651. The average molecular weight is 316 g/mol. The van der Waals surface area contributed by atoms with Crippen molar-refractivity contribution in [1.82, 2.24) is 0 Å². The molecule has 0 spiro atoms. The Morgan fingerprint density at radius 3 is 2.29 bits per heavy atom. The Morgan fingerprint density at radius 1 is 1.24 bits per heavy atom. The van der Waals surface area contributed by atoms with Gasteiger partial charge in [-0.1, -0.05) is 30.3 Å². The van der Waals surface area contributed by atoms with Gasteiger partial charge in [0.2, 0.25) is 10.0 Å². The summed E-state index contributed by atoms with van der Waals surface area (Å²) in [5.41, 5.74) is 5.92. The molecule has 0 radical (unpaired) electrons. The van der Waals surface area contributed by atoms with Gasteiger partial charge in [-0.25, -0.2) is 13.6 Å². The SMILES string of the molecule is NC(CC(C(=O)O)C(=O)OCc1ccccc1)S(N)(=O)=O. The van der Waals surface area contributed by atoms with E-state index in [0.717, 1.165) is 0 Å². The molecule has 0 fully saturated rings. The van der Waals surface area contributed by atoms with Crippen LogP contribution >= 0.6 is 0 Å². The Hall–Kier alpha value is -1.97. The molecule has 0 saturated carbocycles. The van der Waals surface area contributed by atoms with Gasteiger partial charge in [0.05, 0.1) is 0 Å². The van der Waals surface area contributed by atoms with Gasteiger partial charge in [0.15, 0.2) is 5.92 Å². The Bertz CT molecular complexity index is 601. The van der Waals surface area contributed by atoms with E-state index in [4.69, 9.17) is 20.7 Å². The van der Waals surface area contributed by atoms with Crippen LogP contribution in [0.4, 0.5) is 0 Å². The van der Waals surface area contributed by atoms with Crippen molar-refractivity contribution in [3.05, 3.63) is 35.9 Å². The number of nitrogens with two attached hydrogens (primary N) is 2. The summed E-state index contributed by atoms with van der Waals surface area (Å²) in [5.74, 6) is -4.28. The Labute approximate surface area is 121 Å². The highest BCUT2D eigenvalue weighted by Crippen LogP contribution is 2.12. The largest absolute Gasteiger partial charge is 0.481 e. The molecule has 0 saturated heterocycles. The number of carbonyl (C=O) groups excluding carboxylic acids is 1. The van der Waals surface area contributed by atoms with Gasteiger partial charge in [-0.3, -0.25) is 9.59 Å². The predicted octanol–water partition coefficient (Wildman–Crippen LogP) is -0.606. The van der Waals surface area contributed by atoms with E-state index in [0.29, 0.717) is 5.56 Å². The van der Waals surface area contributed by atoms with E-state index in [1.165, 1.54) is 0 Å². The molecule has 0 aliphatic heterocycles. The van der Waals surface area contributed by atoms with E-state index in [9.17, 15) is 18.0 Å². The molecule has 0 aliphatic carbocycles. The molecule has 0 aliphatic rings. The van der Waals surface area contributed by atoms with Crippen LogP contribution in [0.15, 0.2) is 30.3 Å². The molecular weight excluding hydrogens is 300 g/mol. The number of ether oxygens (including phenoxy) is 1. The fraction of sp³-hybridized carbons (Fsp3) is 0.333. The zero-order valence-corrected chi connectivity index (χ0v) is 11.8. The van der Waals surface area contributed by atoms with Crippen molar-refractivity contribution in [2.75, 3.05) is 0 Å². The highest BCUT2D eigenvalue weighted by atomic mass is 32.2. The van der Waals surface area contributed by atoms with Crippen molar-refractivity contribution >= 4 is 22.0 Å². The monoisotopic (exact) mass is 316 g/mol. The molecule has 116 valence electrons. The van der Waals surface area contributed by atoms with Crippen molar-refractivity contribution in [2.24, 2.45) is 16.8 Å². The maximum Gasteiger partial charge on any atom is 0.320 e. The zero-order chi connectivity index (χ0) is 16.0. The molecule has 1 aromatic rings. The van der Waals surface area contributed by atoms with Crippen molar-refractivity contribution in [2.45, 2.75) is 18.4 Å². The van der Waals surface area contributed by atoms with Crippen molar-refractivity contribution in [3.8, 4) is 0 Å². The van der Waals surface area contributed by atoms with E-state index in [2.05, 4.69) is 0 Å². The van der Waals surface area contributed by atoms with Crippen LogP contribution in [0.25, 0.3) is 0 Å². The molecule has 9 heteroatoms. The van der Waals surface area contributed by atoms with Crippen LogP contribution < -0.4 is 10.9 Å². The lowest BCUT2D eigenvalue weighted by atomic mass is 10.1. The summed E-state index contributed by atoms with van der Waals surface area (Å²) in [4.78, 5) is 22.7. The second-order valence-corrected chi connectivity index (χ2v) is 6.13. The Morgan fingerprint density at radius 2 is 1.81 bits per heavy atom. The summed E-state index contributed by atoms with van der Waals surface area (Å²) in [7, 11) is -4.13. The van der Waals surface area contributed by atoms with Gasteiger partial charge in [0.25, 0.3) is 0 Å². The normalized spacial score (nSPS) is 14.2. The number of hydrogen-bond acceptors (Lipinski definition) is 6. The number of hydrogen-bond donors (Lipinski definition) is 3. The van der Waals surface area contributed by atoms with Crippen molar-refractivity contribution in [1.29, 1.82) is 0 Å². The number of benzene rings is 1. The third kappa shape index (κ3) is 5.50. The first-order valence-electron chi connectivity index (χ1n) is 5.92. The summed E-state index contributed by atoms with van der Waals surface area (Å²) in [5, 5.41) is 12.1. The van der Waals surface area contributed by atoms with Crippen LogP contribution in [-0.4, -0.2) is 30.8 Å². The number of aliphatic carboxylic acids is 1. The maximum atomic E-state index is 11.7. The number of primary sulfonamides is 1. The lowest BCUT2D eigenvalue weighted by molar-refractivity contribution is -0.159. The van der Waals surface area contributed by atoms with Gasteiger partial charge >= 0.3 is 11.9 Å². The highest BCUT2D eigenvalue weighted by molar-refractivity contribution is 7.89. The fourth-order valence-electron chi connectivity index (χ4n) is 1.49. The Kier molecular flexibility index (Phi) is 5.82. The van der Waals surface area contributed by atoms with Gasteiger partial charge in [-0.15, -0.1) is 0 Å². The van der Waals surface area contributed by atoms with E-state index in [1.54, 1.807) is 30.3 Å². The third-order valence-corrected chi connectivity index (χ3v) is 3.73. The smallest absolute Gasteiger partial charge is 0.320 e. The maximum absolute atomic E-state index is 11.7. The number of carboxylic acid groups (broad SMARTS) is 1. The predicted molar refractivity (Wildman–Crippen MR) is 73.1 cm³/mol. The quantitative estimate of drug-likeness (QED) is 0.448. The van der Waals surface area contributed by atoms with Gasteiger partial charge in [-0.2, -0.15) is 0 Å². The molecule has 21 heavy (non-hydrogen) atoms. The van der Waals surface area contributed by atoms with Crippen LogP contribution in [0.2, 0.25) is 0 Å². The van der Waals surface area contributed by atoms with E-state index in [1.807, 2.05) is 0 Å². The van der Waals surface area contributed by atoms with Crippen molar-refractivity contribution in [3.63, 3.8) is 0 Å². The number of carbonyl (C=O) groups is 2. The van der Waals surface area contributed by atoms with Crippen LogP contribution in [0.1, 0.15) is 12.0 Å². The van der Waals surface area contributed by atoms with Crippen LogP contribution in [0, 0.1) is 5.92 Å². The minimum Gasteiger partial charge on any atom is -0.481 e. The second kappa shape index (κ2) is 7.16. The molecule has 0 bridgehead atoms. The first-order valence-corrected chi connectivity index (χ1v) is 7.53. The molecule has 0 heterocycles. The topological polar surface area (TPSA) is 150 Å². The second-order valence-electron chi connectivity index (χ2n) is 4.35. The lowest BCUT2D eigenvalue weighted by Gasteiger charge is -2.15. The average Bonchev–Trinajstić information content (AvgIpc) is 2.41. The van der Waals surface area contributed by atoms with Crippen LogP contribution in [-0.2, 0) is 31.0 Å². The minimum absolute atomic E-state index is 0.117. The van der Waals surface area contributed by atoms with E-state index >= 15 is 0 Å². The van der Waals surface area contributed by atoms with Gasteiger partial charge in [0, 0.05) is 6.42 Å². The fourth-order valence-corrected chi connectivity index (χ4v) is 1.95. The number of rotatable bonds is 7. The molecule has 0 aromatic heterocycles. The lowest BCUT2D eigenvalue weighted by Crippen LogP contribution is -2.41. The standard InChI is InChI=1S/C12H16N2O6S/c13-10(21(14,18)19)6-9(11(15)16)12(17)20-7-8-4-2-1-3-5-8/h1-5,9-10H,6-7,13H2,(H,15,16)(H2,14,18,19). The Balaban J connectivity index is 2.68. The number of esters is 1. The zero-order valence-electron chi connectivity index (χ0n) is 11.0. The molecule has 8 nitrogen and oxygen atoms in total. The minimum atomic E-state index is -4.13. The van der Waals surface area contributed by atoms with E-state index < -0.39 is 39.7 Å². The third-order valence-electron chi connectivity index (χ3n) is 2.70. The molecule has 1 rings (SSSR count). The van der Waals surface area contributed by atoms with Crippen LogP contribution in [0.3, 0.4) is 0 Å². The molecule has 2 atom stereocenters. The molecule has 5 N–H and O–H groups in total. The molecular formula is C12H16N2O6S. The first kappa shape index (κ1) is 17.1. The number of sulfonamides is 1. The summed E-state index contributed by atoms with van der Waals surface area (Å²) in [6.45, 7) is -0.117. The first-order chi connectivity index (χ1) is 9.71. The molecule has 0 amide bonds. The number of carboxylic acids is 1. The summed E-state index contributed by atoms with van der Waals surface area (Å²) >= 11 is 0. The molecule has 2 unspecified atom stereocenters. The van der Waals surface area contributed by atoms with Crippen LogP contribution in [0.5, 0.6) is 0 Å². The highest BCUT2D eigenvalue weighted by Gasteiger charge is 2.33. The summed E-state index contributed by atoms with van der Waals surface area (Å²) in [6, 6.07) is 8.62. The van der Waals surface area contributed by atoms with Crippen molar-refractivity contribution < 1.29 is 27.9 Å².